The van der Waals surface area contributed by atoms with Gasteiger partial charge in [-0.3, -0.25) is 15.1 Å². The molecule has 0 radical (unpaired) electrons. The lowest BCUT2D eigenvalue weighted by Gasteiger charge is -2.03. The predicted octanol–water partition coefficient (Wildman–Crippen LogP) is 3.97. The van der Waals surface area contributed by atoms with Crippen LogP contribution in [-0.4, -0.2) is 17.3 Å². The summed E-state index contributed by atoms with van der Waals surface area (Å²) in [4.78, 5) is 20.1. The zero-order valence-corrected chi connectivity index (χ0v) is 11.6. The highest BCUT2D eigenvalue weighted by Crippen LogP contribution is 2.24. The Kier molecular flexibility index (Phi) is 4.92. The summed E-state index contributed by atoms with van der Waals surface area (Å²) in [7, 11) is 0. The minimum Gasteiger partial charge on any atom is -0.298 e. The number of amides is 1. The van der Waals surface area contributed by atoms with Crippen LogP contribution in [0.15, 0.2) is 47.8 Å². The minimum absolute atomic E-state index is 0.335. The maximum Gasteiger partial charge on any atom is 0.437 e. The number of carbonyl (C=O) groups is 1. The summed E-state index contributed by atoms with van der Waals surface area (Å²) in [5.74, 6) is 0. The summed E-state index contributed by atoms with van der Waals surface area (Å²) >= 11 is 11.6. The van der Waals surface area contributed by atoms with E-state index >= 15 is 0 Å². The molecule has 102 valence electrons. The molecular formula is C13H9Cl2N3O2. The van der Waals surface area contributed by atoms with Crippen LogP contribution in [0.25, 0.3) is 0 Å². The van der Waals surface area contributed by atoms with E-state index in [1.165, 1.54) is 12.3 Å². The lowest BCUT2D eigenvalue weighted by atomic mass is 10.3. The summed E-state index contributed by atoms with van der Waals surface area (Å²) in [6.07, 6.45) is 2.20. The molecule has 1 N–H and O–H groups in total. The zero-order chi connectivity index (χ0) is 14.4. The molecule has 1 aromatic carbocycles. The second-order valence-electron chi connectivity index (χ2n) is 3.62. The molecule has 0 unspecified atom stereocenters. The van der Waals surface area contributed by atoms with E-state index in [0.717, 1.165) is 0 Å². The predicted molar refractivity (Wildman–Crippen MR) is 78.4 cm³/mol. The van der Waals surface area contributed by atoms with Gasteiger partial charge in [0.25, 0.3) is 0 Å². The molecule has 0 atom stereocenters. The van der Waals surface area contributed by atoms with E-state index < -0.39 is 6.09 Å². The fourth-order valence-electron chi connectivity index (χ4n) is 1.30. The van der Waals surface area contributed by atoms with E-state index in [-0.39, 0.29) is 0 Å². The van der Waals surface area contributed by atoms with Gasteiger partial charge in [-0.15, -0.1) is 0 Å². The summed E-state index contributed by atoms with van der Waals surface area (Å²) in [5, 5.41) is 6.71. The van der Waals surface area contributed by atoms with Crippen LogP contribution in [0.3, 0.4) is 0 Å². The second-order valence-corrected chi connectivity index (χ2v) is 4.44. The van der Waals surface area contributed by atoms with Gasteiger partial charge in [-0.1, -0.05) is 34.4 Å². The number of anilines is 1. The third-order valence-electron chi connectivity index (χ3n) is 2.17. The number of halogens is 2. The molecular weight excluding hydrogens is 301 g/mol. The molecule has 1 amide bonds. The van der Waals surface area contributed by atoms with E-state index in [4.69, 9.17) is 23.2 Å². The highest BCUT2D eigenvalue weighted by molar-refractivity contribution is 6.42. The number of benzene rings is 1. The van der Waals surface area contributed by atoms with Gasteiger partial charge in [0.05, 0.1) is 22.0 Å². The largest absolute Gasteiger partial charge is 0.437 e. The highest BCUT2D eigenvalue weighted by Gasteiger charge is 2.04. The fourth-order valence-corrected chi connectivity index (χ4v) is 1.59. The zero-order valence-electron chi connectivity index (χ0n) is 10.1. The van der Waals surface area contributed by atoms with Gasteiger partial charge in [-0.05, 0) is 30.3 Å². The van der Waals surface area contributed by atoms with Crippen molar-refractivity contribution in [3.05, 3.63) is 58.3 Å². The van der Waals surface area contributed by atoms with Crippen molar-refractivity contribution >= 4 is 41.2 Å². The molecule has 0 fully saturated rings. The van der Waals surface area contributed by atoms with E-state index in [0.29, 0.717) is 21.4 Å². The molecule has 0 spiro atoms. The second kappa shape index (κ2) is 6.88. The fraction of sp³-hybridized carbons (Fsp3) is 0. The van der Waals surface area contributed by atoms with Crippen molar-refractivity contribution in [3.8, 4) is 0 Å². The number of hydrogen-bond acceptors (Lipinski definition) is 4. The average molecular weight is 310 g/mol. The molecule has 2 aromatic rings. The van der Waals surface area contributed by atoms with Gasteiger partial charge in [0.15, 0.2) is 0 Å². The van der Waals surface area contributed by atoms with Crippen molar-refractivity contribution in [2.75, 3.05) is 5.32 Å². The van der Waals surface area contributed by atoms with Crippen LogP contribution < -0.4 is 5.32 Å². The molecule has 0 aliphatic heterocycles. The van der Waals surface area contributed by atoms with Gasteiger partial charge in [-0.25, -0.2) is 4.79 Å². The van der Waals surface area contributed by atoms with Gasteiger partial charge in [-0.2, -0.15) is 0 Å². The molecule has 20 heavy (non-hydrogen) atoms. The van der Waals surface area contributed by atoms with Gasteiger partial charge in [0, 0.05) is 11.9 Å². The number of hydrogen-bond donors (Lipinski definition) is 1. The SMILES string of the molecule is O=C(Nc1ccc(Cl)c(Cl)c1)O/N=C/c1ccccn1. The molecule has 0 saturated heterocycles. The first-order valence-corrected chi connectivity index (χ1v) is 6.28. The van der Waals surface area contributed by atoms with Gasteiger partial charge in [0.2, 0.25) is 0 Å². The van der Waals surface area contributed by atoms with Gasteiger partial charge < -0.3 is 0 Å². The molecule has 5 nitrogen and oxygen atoms in total. The van der Waals surface area contributed by atoms with Crippen molar-refractivity contribution in [2.45, 2.75) is 0 Å². The quantitative estimate of drug-likeness (QED) is 0.530. The van der Waals surface area contributed by atoms with Crippen LogP contribution >= 0.6 is 23.2 Å². The lowest BCUT2D eigenvalue weighted by molar-refractivity contribution is 0.167. The maximum atomic E-state index is 11.5. The minimum atomic E-state index is -0.740. The Morgan fingerprint density at radius 1 is 1.25 bits per heavy atom. The van der Waals surface area contributed by atoms with Crippen molar-refractivity contribution in [3.63, 3.8) is 0 Å². The van der Waals surface area contributed by atoms with E-state index in [1.54, 1.807) is 36.5 Å². The average Bonchev–Trinajstić information content (AvgIpc) is 2.44. The Balaban J connectivity index is 1.89. The Bertz CT molecular complexity index is 633. The summed E-state index contributed by atoms with van der Waals surface area (Å²) in [6, 6.07) is 9.96. The first-order valence-electron chi connectivity index (χ1n) is 5.52. The van der Waals surface area contributed by atoms with Crippen LogP contribution in [-0.2, 0) is 4.84 Å². The Morgan fingerprint density at radius 2 is 2.10 bits per heavy atom. The van der Waals surface area contributed by atoms with E-state index in [2.05, 4.69) is 20.3 Å². The first-order chi connectivity index (χ1) is 9.65. The summed E-state index contributed by atoms with van der Waals surface area (Å²) in [5.41, 5.74) is 1.03. The molecule has 0 bridgehead atoms. The number of rotatable bonds is 3. The van der Waals surface area contributed by atoms with Crippen LogP contribution in [0.2, 0.25) is 10.0 Å². The Morgan fingerprint density at radius 3 is 2.80 bits per heavy atom. The topological polar surface area (TPSA) is 63.6 Å². The van der Waals surface area contributed by atoms with Crippen LogP contribution in [0.5, 0.6) is 0 Å². The monoisotopic (exact) mass is 309 g/mol. The molecule has 0 aliphatic rings. The van der Waals surface area contributed by atoms with Crippen molar-refractivity contribution < 1.29 is 9.63 Å². The number of aromatic nitrogens is 1. The molecule has 1 aromatic heterocycles. The third-order valence-corrected chi connectivity index (χ3v) is 2.91. The molecule has 2 rings (SSSR count). The van der Waals surface area contributed by atoms with Crippen molar-refractivity contribution in [1.82, 2.24) is 4.98 Å². The Labute approximate surface area is 125 Å². The van der Waals surface area contributed by atoms with E-state index in [9.17, 15) is 4.79 Å². The van der Waals surface area contributed by atoms with Crippen molar-refractivity contribution in [1.29, 1.82) is 0 Å². The molecule has 0 aliphatic carbocycles. The van der Waals surface area contributed by atoms with Crippen LogP contribution in [0, 0.1) is 0 Å². The smallest absolute Gasteiger partial charge is 0.298 e. The number of nitrogens with one attached hydrogen (secondary N) is 1. The number of pyridine rings is 1. The molecule has 1 heterocycles. The Hall–Kier alpha value is -2.11. The first kappa shape index (κ1) is 14.3. The van der Waals surface area contributed by atoms with Crippen LogP contribution in [0.4, 0.5) is 10.5 Å². The normalized spacial score (nSPS) is 10.5. The molecule has 7 heteroatoms. The number of carbonyl (C=O) groups excluding carboxylic acids is 1. The molecule has 0 saturated carbocycles. The van der Waals surface area contributed by atoms with Gasteiger partial charge >= 0.3 is 6.09 Å². The highest BCUT2D eigenvalue weighted by atomic mass is 35.5. The summed E-state index contributed by atoms with van der Waals surface area (Å²) < 4.78 is 0. The van der Waals surface area contributed by atoms with Gasteiger partial charge in [0.1, 0.15) is 0 Å². The third kappa shape index (κ3) is 4.22. The van der Waals surface area contributed by atoms with Crippen LogP contribution in [0.1, 0.15) is 5.69 Å². The number of oxime groups is 1. The van der Waals surface area contributed by atoms with E-state index in [1.807, 2.05) is 0 Å². The van der Waals surface area contributed by atoms with Crippen molar-refractivity contribution in [2.24, 2.45) is 5.16 Å². The maximum absolute atomic E-state index is 11.5. The summed E-state index contributed by atoms with van der Waals surface area (Å²) in [6.45, 7) is 0. The number of nitrogens with zero attached hydrogens (tertiary/aromatic N) is 2. The lowest BCUT2D eigenvalue weighted by Crippen LogP contribution is -2.10. The standard InChI is InChI=1S/C13H9Cl2N3O2/c14-11-5-4-9(7-12(11)15)18-13(19)20-17-8-10-3-1-2-6-16-10/h1-8H,(H,18,19)/b17-8+.